The molecule has 2 aromatic heterocycles. The lowest BCUT2D eigenvalue weighted by molar-refractivity contribution is -0.123. The van der Waals surface area contributed by atoms with E-state index < -0.39 is 22.0 Å². The molecule has 0 bridgehead atoms. The maximum Gasteiger partial charge on any atom is 0.329 e. The zero-order chi connectivity index (χ0) is 20.6. The van der Waals surface area contributed by atoms with Crippen molar-refractivity contribution in [1.82, 2.24) is 10.2 Å². The van der Waals surface area contributed by atoms with Gasteiger partial charge in [0, 0.05) is 16.5 Å². The van der Waals surface area contributed by atoms with Gasteiger partial charge in [-0.1, -0.05) is 6.07 Å². The average molecular weight is 429 g/mol. The van der Waals surface area contributed by atoms with Crippen LogP contribution in [0, 0.1) is 0 Å². The minimum Gasteiger partial charge on any atom is -0.457 e. The molecular formula is C19H15N3O5S2. The third-order valence-electron chi connectivity index (χ3n) is 4.24. The number of nitrogens with one attached hydrogen (secondary N) is 1. The lowest BCUT2D eigenvalue weighted by Crippen LogP contribution is -2.29. The number of imide groups is 1. The van der Waals surface area contributed by atoms with E-state index in [2.05, 4.69) is 5.32 Å². The quantitative estimate of drug-likeness (QED) is 0.477. The first-order valence-corrected chi connectivity index (χ1v) is 10.8. The van der Waals surface area contributed by atoms with Crippen molar-refractivity contribution in [2.75, 3.05) is 0 Å². The smallest absolute Gasteiger partial charge is 0.329 e. The van der Waals surface area contributed by atoms with Gasteiger partial charge in [-0.15, -0.1) is 11.3 Å². The number of amides is 3. The van der Waals surface area contributed by atoms with E-state index >= 15 is 0 Å². The van der Waals surface area contributed by atoms with Gasteiger partial charge in [-0.25, -0.2) is 18.4 Å². The van der Waals surface area contributed by atoms with Gasteiger partial charge in [0.15, 0.2) is 0 Å². The Bertz CT molecular complexity index is 1210. The number of primary sulfonamides is 1. The normalized spacial score (nSPS) is 15.9. The van der Waals surface area contributed by atoms with E-state index in [1.54, 1.807) is 24.3 Å². The van der Waals surface area contributed by atoms with Crippen molar-refractivity contribution in [1.29, 1.82) is 0 Å². The number of thiophene rings is 1. The molecule has 3 N–H and O–H groups in total. The maximum absolute atomic E-state index is 12.5. The molecule has 1 aliphatic rings. The highest BCUT2D eigenvalue weighted by Crippen LogP contribution is 2.25. The molecule has 0 unspecified atom stereocenters. The molecule has 0 saturated carbocycles. The molecule has 8 nitrogen and oxygen atoms in total. The highest BCUT2D eigenvalue weighted by atomic mass is 32.2. The predicted octanol–water partition coefficient (Wildman–Crippen LogP) is 2.75. The van der Waals surface area contributed by atoms with Crippen LogP contribution in [-0.2, 0) is 21.4 Å². The van der Waals surface area contributed by atoms with Crippen LogP contribution in [0.3, 0.4) is 0 Å². The van der Waals surface area contributed by atoms with Crippen molar-refractivity contribution in [2.45, 2.75) is 11.4 Å². The highest BCUT2D eigenvalue weighted by molar-refractivity contribution is 7.89. The number of benzene rings is 1. The lowest BCUT2D eigenvalue weighted by Gasteiger charge is -2.09. The number of hydrogen-bond donors (Lipinski definition) is 2. The standard InChI is InChI=1S/C19H15N3O5S2/c20-29(25,26)15-6-3-12(4-7-15)17-8-5-13(27-17)10-16-18(23)22(19(24)21-16)11-14-2-1-9-28-14/h1-10H,11H2,(H,21,24)(H2,20,25,26)/b16-10+. The van der Waals surface area contributed by atoms with E-state index in [9.17, 15) is 18.0 Å². The highest BCUT2D eigenvalue weighted by Gasteiger charge is 2.33. The van der Waals surface area contributed by atoms with Crippen molar-refractivity contribution in [3.05, 3.63) is 70.2 Å². The van der Waals surface area contributed by atoms with Gasteiger partial charge in [-0.05, 0) is 47.8 Å². The summed E-state index contributed by atoms with van der Waals surface area (Å²) in [6.07, 6.45) is 1.46. The molecule has 148 valence electrons. The minimum absolute atomic E-state index is 0.000226. The first-order valence-electron chi connectivity index (χ1n) is 8.41. The number of carbonyl (C=O) groups is 2. The van der Waals surface area contributed by atoms with E-state index in [4.69, 9.17) is 9.56 Å². The Labute approximate surface area is 170 Å². The van der Waals surface area contributed by atoms with Crippen LogP contribution in [0.25, 0.3) is 17.4 Å². The van der Waals surface area contributed by atoms with Gasteiger partial charge in [0.05, 0.1) is 11.4 Å². The Morgan fingerprint density at radius 2 is 1.86 bits per heavy atom. The molecule has 3 aromatic rings. The van der Waals surface area contributed by atoms with Crippen LogP contribution < -0.4 is 10.5 Å². The van der Waals surface area contributed by atoms with Gasteiger partial charge in [-0.2, -0.15) is 0 Å². The molecule has 1 aromatic carbocycles. The first kappa shape index (κ1) is 19.1. The van der Waals surface area contributed by atoms with Gasteiger partial charge >= 0.3 is 6.03 Å². The van der Waals surface area contributed by atoms with Gasteiger partial charge in [0.1, 0.15) is 17.2 Å². The van der Waals surface area contributed by atoms with Crippen molar-refractivity contribution in [3.8, 4) is 11.3 Å². The number of rotatable bonds is 5. The van der Waals surface area contributed by atoms with E-state index in [-0.39, 0.29) is 17.1 Å². The molecule has 0 radical (unpaired) electrons. The minimum atomic E-state index is -3.77. The zero-order valence-electron chi connectivity index (χ0n) is 14.9. The summed E-state index contributed by atoms with van der Waals surface area (Å²) < 4.78 is 28.4. The Balaban J connectivity index is 1.53. The second-order valence-electron chi connectivity index (χ2n) is 6.23. The van der Waals surface area contributed by atoms with E-state index in [0.717, 1.165) is 9.78 Å². The summed E-state index contributed by atoms with van der Waals surface area (Å²) in [4.78, 5) is 26.7. The summed E-state index contributed by atoms with van der Waals surface area (Å²) in [6, 6.07) is 12.5. The van der Waals surface area contributed by atoms with Crippen molar-refractivity contribution >= 4 is 39.4 Å². The molecule has 1 aliphatic heterocycles. The Hall–Kier alpha value is -3.21. The monoisotopic (exact) mass is 429 g/mol. The van der Waals surface area contributed by atoms with Gasteiger partial charge in [0.25, 0.3) is 5.91 Å². The maximum atomic E-state index is 12.5. The van der Waals surface area contributed by atoms with Crippen molar-refractivity contribution in [3.63, 3.8) is 0 Å². The zero-order valence-corrected chi connectivity index (χ0v) is 16.5. The molecule has 29 heavy (non-hydrogen) atoms. The summed E-state index contributed by atoms with van der Waals surface area (Å²) in [5.41, 5.74) is 0.764. The third kappa shape index (κ3) is 3.99. The fraction of sp³-hybridized carbons (Fsp3) is 0.0526. The fourth-order valence-corrected chi connectivity index (χ4v) is 4.02. The molecule has 1 fully saturated rings. The summed E-state index contributed by atoms with van der Waals surface area (Å²) in [5.74, 6) is 0.418. The summed E-state index contributed by atoms with van der Waals surface area (Å²) in [6.45, 7) is 0.208. The number of carbonyl (C=O) groups excluding carboxylic acids is 2. The molecular weight excluding hydrogens is 414 g/mol. The molecule has 3 heterocycles. The van der Waals surface area contributed by atoms with Crippen LogP contribution in [0.5, 0.6) is 0 Å². The second kappa shape index (κ2) is 7.32. The molecule has 0 atom stereocenters. The Morgan fingerprint density at radius 1 is 1.10 bits per heavy atom. The van der Waals surface area contributed by atoms with E-state index in [0.29, 0.717) is 17.1 Å². The number of furan rings is 1. The topological polar surface area (TPSA) is 123 Å². The molecule has 4 rings (SSSR count). The van der Waals surface area contributed by atoms with Crippen LogP contribution in [0.2, 0.25) is 0 Å². The number of sulfonamides is 1. The SMILES string of the molecule is NS(=O)(=O)c1ccc(-c2ccc(/C=C3/NC(=O)N(Cc4cccs4)C3=O)o2)cc1. The van der Waals surface area contributed by atoms with Gasteiger partial charge in [-0.3, -0.25) is 9.69 Å². The summed E-state index contributed by atoms with van der Waals surface area (Å²) >= 11 is 1.47. The van der Waals surface area contributed by atoms with Crippen LogP contribution in [0.4, 0.5) is 4.79 Å². The fourth-order valence-electron chi connectivity index (χ4n) is 2.81. The molecule has 3 amide bonds. The number of nitrogens with two attached hydrogens (primary N) is 1. The predicted molar refractivity (Wildman–Crippen MR) is 107 cm³/mol. The number of hydrogen-bond acceptors (Lipinski definition) is 6. The lowest BCUT2D eigenvalue weighted by atomic mass is 10.2. The van der Waals surface area contributed by atoms with Gasteiger partial charge in [0.2, 0.25) is 10.0 Å². The van der Waals surface area contributed by atoms with Crippen molar-refractivity contribution < 1.29 is 22.4 Å². The molecule has 10 heteroatoms. The first-order chi connectivity index (χ1) is 13.8. The van der Waals surface area contributed by atoms with Gasteiger partial charge < -0.3 is 9.73 Å². The average Bonchev–Trinajstić information content (AvgIpc) is 3.40. The van der Waals surface area contributed by atoms with E-state index in [1.807, 2.05) is 17.5 Å². The van der Waals surface area contributed by atoms with E-state index in [1.165, 1.54) is 29.5 Å². The van der Waals surface area contributed by atoms with Crippen LogP contribution >= 0.6 is 11.3 Å². The Kier molecular flexibility index (Phi) is 4.82. The van der Waals surface area contributed by atoms with Crippen LogP contribution in [0.15, 0.2) is 68.9 Å². The molecule has 0 aliphatic carbocycles. The third-order valence-corrected chi connectivity index (χ3v) is 6.03. The largest absolute Gasteiger partial charge is 0.457 e. The molecule has 1 saturated heterocycles. The van der Waals surface area contributed by atoms with Crippen LogP contribution in [0.1, 0.15) is 10.6 Å². The summed E-state index contributed by atoms with van der Waals surface area (Å²) in [5, 5.41) is 9.52. The van der Waals surface area contributed by atoms with Crippen LogP contribution in [-0.4, -0.2) is 25.3 Å². The Morgan fingerprint density at radius 3 is 2.52 bits per heavy atom. The number of urea groups is 1. The summed E-state index contributed by atoms with van der Waals surface area (Å²) in [7, 11) is -3.77. The molecule has 0 spiro atoms. The second-order valence-corrected chi connectivity index (χ2v) is 8.82. The number of nitrogens with zero attached hydrogens (tertiary/aromatic N) is 1. The van der Waals surface area contributed by atoms with Crippen molar-refractivity contribution in [2.24, 2.45) is 5.14 Å².